The molecule has 7 rings (SSSR count). The van der Waals surface area contributed by atoms with Crippen LogP contribution in [0.3, 0.4) is 0 Å². The predicted molar refractivity (Wildman–Crippen MR) is 138 cm³/mol. The first-order chi connectivity index (χ1) is 19.1. The van der Waals surface area contributed by atoms with Crippen LogP contribution in [0, 0.1) is 17.7 Å². The molecule has 8 nitrogen and oxygen atoms in total. The Morgan fingerprint density at radius 1 is 1.10 bits per heavy atom. The number of anilines is 2. The molecule has 4 fully saturated rings. The number of hydrogen-bond donors (Lipinski definition) is 1. The Morgan fingerprint density at radius 2 is 1.85 bits per heavy atom. The van der Waals surface area contributed by atoms with Crippen molar-refractivity contribution >= 4 is 51.5 Å². The highest BCUT2D eigenvalue weighted by molar-refractivity contribution is 6.42. The Balaban J connectivity index is 1.31. The highest BCUT2D eigenvalue weighted by Gasteiger charge is 2.53. The third-order valence-corrected chi connectivity index (χ3v) is 8.19. The van der Waals surface area contributed by atoms with Crippen molar-refractivity contribution in [3.8, 4) is 11.5 Å². The van der Waals surface area contributed by atoms with Gasteiger partial charge >= 0.3 is 12.1 Å². The maximum atomic E-state index is 14.8. The number of amides is 1. The van der Waals surface area contributed by atoms with Crippen LogP contribution in [0.5, 0.6) is 11.5 Å². The van der Waals surface area contributed by atoms with Crippen molar-refractivity contribution in [1.29, 1.82) is 0 Å². The van der Waals surface area contributed by atoms with Crippen molar-refractivity contribution in [3.63, 3.8) is 0 Å². The van der Waals surface area contributed by atoms with Crippen LogP contribution in [0.4, 0.5) is 29.1 Å². The maximum Gasteiger partial charge on any atom is 0.471 e. The molecule has 3 saturated heterocycles. The molecule has 212 valence electrons. The summed E-state index contributed by atoms with van der Waals surface area (Å²) in [6.45, 7) is 0.849. The molecule has 0 spiro atoms. The minimum Gasteiger partial charge on any atom is -0.486 e. The second kappa shape index (κ2) is 10.4. The molecule has 2 bridgehead atoms. The molecule has 4 atom stereocenters. The molecule has 3 aromatic rings. The lowest BCUT2D eigenvalue weighted by Crippen LogP contribution is -2.63. The van der Waals surface area contributed by atoms with Gasteiger partial charge in [0.15, 0.2) is 17.3 Å². The number of rotatable bonds is 6. The number of alkyl halides is 3. The highest BCUT2D eigenvalue weighted by atomic mass is 35.5. The maximum absolute atomic E-state index is 14.8. The van der Waals surface area contributed by atoms with Crippen molar-refractivity contribution in [3.05, 3.63) is 46.5 Å². The summed E-state index contributed by atoms with van der Waals surface area (Å²) in [4.78, 5) is 21.2. The lowest BCUT2D eigenvalue weighted by atomic mass is 9.68. The van der Waals surface area contributed by atoms with Gasteiger partial charge in [0.2, 0.25) is 0 Å². The molecule has 40 heavy (non-hydrogen) atoms. The SMILES string of the molecule is O=C(N1C[C@H]2C[C@@H](C1)C2Oc1cc2c(Nc3ccc(Cl)c(Cl)c3F)ncnc2cc1O[C@H]1CCOC1)C(F)(F)F. The quantitative estimate of drug-likeness (QED) is 0.284. The zero-order chi connectivity index (χ0) is 28.2. The van der Waals surface area contributed by atoms with Gasteiger partial charge in [0.25, 0.3) is 0 Å². The van der Waals surface area contributed by atoms with E-state index in [2.05, 4.69) is 15.3 Å². The number of carbonyl (C=O) groups excluding carboxylic acids is 1. The van der Waals surface area contributed by atoms with Gasteiger partial charge < -0.3 is 24.4 Å². The number of nitrogens with one attached hydrogen (secondary N) is 1. The molecule has 1 aliphatic carbocycles. The minimum absolute atomic E-state index is 0.0447. The second-order valence-corrected chi connectivity index (χ2v) is 10.8. The van der Waals surface area contributed by atoms with E-state index in [0.29, 0.717) is 48.5 Å². The van der Waals surface area contributed by atoms with Gasteiger partial charge in [-0.15, -0.1) is 0 Å². The molecule has 2 aromatic carbocycles. The van der Waals surface area contributed by atoms with E-state index in [1.807, 2.05) is 0 Å². The van der Waals surface area contributed by atoms with Crippen LogP contribution in [0.1, 0.15) is 12.8 Å². The molecule has 1 saturated carbocycles. The van der Waals surface area contributed by atoms with Crippen LogP contribution in [-0.4, -0.2) is 65.5 Å². The summed E-state index contributed by atoms with van der Waals surface area (Å²) in [6, 6.07) is 6.21. The van der Waals surface area contributed by atoms with Crippen LogP contribution < -0.4 is 14.8 Å². The molecule has 4 heterocycles. The number of hydrogen-bond acceptors (Lipinski definition) is 7. The van der Waals surface area contributed by atoms with Crippen LogP contribution in [-0.2, 0) is 9.53 Å². The van der Waals surface area contributed by atoms with E-state index in [9.17, 15) is 22.4 Å². The molecule has 1 unspecified atom stereocenters. The molecule has 1 aromatic heterocycles. The third kappa shape index (κ3) is 5.08. The van der Waals surface area contributed by atoms with Gasteiger partial charge in [0.05, 0.1) is 34.5 Å². The topological polar surface area (TPSA) is 85.8 Å². The lowest BCUT2D eigenvalue weighted by Gasteiger charge is -2.52. The fourth-order valence-corrected chi connectivity index (χ4v) is 5.72. The summed E-state index contributed by atoms with van der Waals surface area (Å²) < 4.78 is 71.6. The number of carbonyl (C=O) groups is 1. The molecule has 3 aliphatic heterocycles. The van der Waals surface area contributed by atoms with E-state index in [-0.39, 0.29) is 52.6 Å². The van der Waals surface area contributed by atoms with Gasteiger partial charge in [-0.3, -0.25) is 4.79 Å². The number of ether oxygens (including phenoxy) is 3. The van der Waals surface area contributed by atoms with E-state index in [0.717, 1.165) is 4.90 Å². The molecule has 1 N–H and O–H groups in total. The number of fused-ring (bicyclic) bond motifs is 3. The van der Waals surface area contributed by atoms with Crippen molar-refractivity contribution in [2.24, 2.45) is 11.8 Å². The summed E-state index contributed by atoms with van der Waals surface area (Å²) in [7, 11) is 0. The number of nitrogens with zero attached hydrogens (tertiary/aromatic N) is 3. The van der Waals surface area contributed by atoms with Crippen molar-refractivity contribution < 1.29 is 36.6 Å². The van der Waals surface area contributed by atoms with Gasteiger partial charge in [-0.1, -0.05) is 23.2 Å². The average molecular weight is 601 g/mol. The summed E-state index contributed by atoms with van der Waals surface area (Å²) in [5, 5.41) is 3.23. The van der Waals surface area contributed by atoms with Crippen LogP contribution in [0.25, 0.3) is 10.9 Å². The monoisotopic (exact) mass is 600 g/mol. The van der Waals surface area contributed by atoms with Crippen molar-refractivity contribution in [1.82, 2.24) is 14.9 Å². The third-order valence-electron chi connectivity index (χ3n) is 7.41. The van der Waals surface area contributed by atoms with E-state index in [4.69, 9.17) is 37.4 Å². The normalized spacial score (nSPS) is 24.1. The van der Waals surface area contributed by atoms with E-state index in [1.54, 1.807) is 12.1 Å². The highest BCUT2D eigenvalue weighted by Crippen LogP contribution is 2.46. The van der Waals surface area contributed by atoms with Gasteiger partial charge in [-0.2, -0.15) is 13.2 Å². The largest absolute Gasteiger partial charge is 0.486 e. The summed E-state index contributed by atoms with van der Waals surface area (Å²) in [5.74, 6) is -2.13. The fourth-order valence-electron chi connectivity index (χ4n) is 5.41. The fraction of sp³-hybridized carbons (Fsp3) is 0.423. The number of benzene rings is 2. The molecular weight excluding hydrogens is 579 g/mol. The lowest BCUT2D eigenvalue weighted by molar-refractivity contribution is -0.196. The molecule has 14 heteroatoms. The Morgan fingerprint density at radius 3 is 2.55 bits per heavy atom. The van der Waals surface area contributed by atoms with Gasteiger partial charge in [-0.25, -0.2) is 14.4 Å². The van der Waals surface area contributed by atoms with Crippen LogP contribution >= 0.6 is 23.2 Å². The van der Waals surface area contributed by atoms with Gasteiger partial charge in [0.1, 0.15) is 24.4 Å². The Hall–Kier alpha value is -3.09. The first kappa shape index (κ1) is 27.1. The summed E-state index contributed by atoms with van der Waals surface area (Å²) in [5.41, 5.74) is 0.526. The Bertz CT molecular complexity index is 1460. The van der Waals surface area contributed by atoms with E-state index < -0.39 is 24.0 Å². The first-order valence-corrected chi connectivity index (χ1v) is 13.3. The van der Waals surface area contributed by atoms with Crippen molar-refractivity contribution in [2.75, 3.05) is 31.6 Å². The second-order valence-electron chi connectivity index (χ2n) is 10.0. The molecule has 4 aliphatic rings. The standard InChI is InChI=1S/C26H22Cl2F4N4O4/c27-16-1-2-17(22(29)21(16)28)35-24-15-6-19(20(7-18(15)33-11-34-24)39-14-3-4-38-10-14)40-23-12-5-13(23)9-36(8-12)25(37)26(30,31)32/h1-2,6-7,11-14,23H,3-5,8-10H2,(H,33,34,35)/t12-,13+,14-,23?/m0/s1. The number of aromatic nitrogens is 2. The number of halogens is 6. The zero-order valence-corrected chi connectivity index (χ0v) is 22.2. The molecular formula is C26H22Cl2F4N4O4. The van der Waals surface area contributed by atoms with E-state index >= 15 is 0 Å². The van der Waals surface area contributed by atoms with Crippen LogP contribution in [0.2, 0.25) is 10.0 Å². The Kier molecular flexibility index (Phi) is 7.04. The molecule has 1 amide bonds. The Labute approximate surface area is 235 Å². The average Bonchev–Trinajstić information content (AvgIpc) is 3.44. The number of piperidine rings is 2. The van der Waals surface area contributed by atoms with Crippen LogP contribution in [0.15, 0.2) is 30.6 Å². The van der Waals surface area contributed by atoms with Gasteiger partial charge in [-0.05, 0) is 24.6 Å². The first-order valence-electron chi connectivity index (χ1n) is 12.5. The summed E-state index contributed by atoms with van der Waals surface area (Å²) in [6.07, 6.45) is -2.91. The predicted octanol–water partition coefficient (Wildman–Crippen LogP) is 5.78. The summed E-state index contributed by atoms with van der Waals surface area (Å²) >= 11 is 11.9. The minimum atomic E-state index is -4.92. The van der Waals surface area contributed by atoms with Crippen molar-refractivity contribution in [2.45, 2.75) is 31.2 Å². The van der Waals surface area contributed by atoms with E-state index in [1.165, 1.54) is 18.5 Å². The van der Waals surface area contributed by atoms with Gasteiger partial charge in [0, 0.05) is 42.8 Å². The zero-order valence-electron chi connectivity index (χ0n) is 20.7. The smallest absolute Gasteiger partial charge is 0.471 e. The molecule has 0 radical (unpaired) electrons.